The number of thioether (sulfide) groups is 1. The van der Waals surface area contributed by atoms with E-state index in [1.54, 1.807) is 6.08 Å². The first-order valence-electron chi connectivity index (χ1n) is 9.27. The van der Waals surface area contributed by atoms with Crippen LogP contribution >= 0.6 is 11.8 Å². The first-order valence-corrected chi connectivity index (χ1v) is 13.2. The third-order valence-electron chi connectivity index (χ3n) is 4.73. The van der Waals surface area contributed by atoms with Gasteiger partial charge < -0.3 is 0 Å². The maximum atomic E-state index is 12.1. The van der Waals surface area contributed by atoms with Crippen LogP contribution in [0.3, 0.4) is 0 Å². The first kappa shape index (κ1) is 20.4. The molecule has 8 heteroatoms. The van der Waals surface area contributed by atoms with Crippen LogP contribution in [0, 0.1) is 0 Å². The monoisotopic (exact) mass is 492 g/mol. The SMILES string of the molecule is CCN1/C(=C/C(=C/c2[se]c3ccccc3[n+]2CC)S(=O)(=O)[O-])Sc2ccccc21. The third-order valence-corrected chi connectivity index (χ3v) is 8.99. The molecule has 5 nitrogen and oxygen atoms in total. The van der Waals surface area contributed by atoms with E-state index in [-0.39, 0.29) is 19.4 Å². The summed E-state index contributed by atoms with van der Waals surface area (Å²) in [7, 11) is -4.62. The number of aryl methyl sites for hydroxylation is 1. The zero-order valence-corrected chi connectivity index (χ0v) is 19.4. The number of benzene rings is 2. The van der Waals surface area contributed by atoms with Gasteiger partial charge in [0.25, 0.3) is 0 Å². The van der Waals surface area contributed by atoms with Crippen molar-refractivity contribution in [3.63, 3.8) is 0 Å². The molecule has 0 bridgehead atoms. The van der Waals surface area contributed by atoms with Gasteiger partial charge in [-0.2, -0.15) is 0 Å². The molecule has 0 radical (unpaired) electrons. The fourth-order valence-electron chi connectivity index (χ4n) is 3.40. The Morgan fingerprint density at radius 1 is 1.17 bits per heavy atom. The molecule has 1 aliphatic rings. The van der Waals surface area contributed by atoms with E-state index < -0.39 is 10.1 Å². The van der Waals surface area contributed by atoms with E-state index in [1.807, 2.05) is 61.2 Å². The maximum absolute atomic E-state index is 12.1. The average Bonchev–Trinajstić information content (AvgIpc) is 3.23. The zero-order valence-electron chi connectivity index (χ0n) is 16.0. The molecular formula is C21H20N2O3S2Se. The van der Waals surface area contributed by atoms with Crippen molar-refractivity contribution >= 4 is 57.9 Å². The van der Waals surface area contributed by atoms with E-state index in [1.165, 1.54) is 22.1 Å². The van der Waals surface area contributed by atoms with Gasteiger partial charge in [-0.1, -0.05) is 0 Å². The number of hydrogen-bond acceptors (Lipinski definition) is 5. The molecule has 0 saturated carbocycles. The van der Waals surface area contributed by atoms with Crippen LogP contribution in [0.25, 0.3) is 15.9 Å². The number of hydrogen-bond donors (Lipinski definition) is 0. The Balaban J connectivity index is 1.84. The van der Waals surface area contributed by atoms with Gasteiger partial charge in [-0.25, -0.2) is 0 Å². The molecule has 29 heavy (non-hydrogen) atoms. The number of aromatic nitrogens is 1. The molecule has 2 heterocycles. The second kappa shape index (κ2) is 8.13. The van der Waals surface area contributed by atoms with E-state index in [0.717, 1.165) is 25.7 Å². The van der Waals surface area contributed by atoms with Crippen LogP contribution in [0.1, 0.15) is 18.4 Å². The van der Waals surface area contributed by atoms with Crippen LogP contribution in [-0.4, -0.2) is 34.0 Å². The van der Waals surface area contributed by atoms with Gasteiger partial charge >= 0.3 is 181 Å². The van der Waals surface area contributed by atoms with Crippen LogP contribution in [0.2, 0.25) is 0 Å². The summed E-state index contributed by atoms with van der Waals surface area (Å²) in [4.78, 5) is 2.91. The molecule has 0 spiro atoms. The Hall–Kier alpha value is -1.83. The number of fused-ring (bicyclic) bond motifs is 2. The van der Waals surface area contributed by atoms with Gasteiger partial charge in [0.1, 0.15) is 0 Å². The first-order chi connectivity index (χ1) is 13.9. The Labute approximate surface area is 180 Å². The molecule has 2 aromatic carbocycles. The second-order valence-electron chi connectivity index (χ2n) is 6.45. The summed E-state index contributed by atoms with van der Waals surface area (Å²) < 4.78 is 40.5. The van der Waals surface area contributed by atoms with Crippen molar-refractivity contribution in [2.24, 2.45) is 0 Å². The van der Waals surface area contributed by atoms with Crippen molar-refractivity contribution in [2.45, 2.75) is 25.3 Å². The van der Waals surface area contributed by atoms with Gasteiger partial charge in [0, 0.05) is 0 Å². The molecule has 0 unspecified atom stereocenters. The number of allylic oxidation sites excluding steroid dienone is 1. The zero-order chi connectivity index (χ0) is 20.6. The molecule has 0 fully saturated rings. The summed E-state index contributed by atoms with van der Waals surface area (Å²) in [5.74, 6) is 0. The van der Waals surface area contributed by atoms with Crippen LogP contribution in [0.5, 0.6) is 0 Å². The molecule has 1 aromatic heterocycles. The van der Waals surface area contributed by atoms with Gasteiger partial charge in [0.05, 0.1) is 0 Å². The van der Waals surface area contributed by atoms with Gasteiger partial charge in [-0.05, 0) is 0 Å². The average molecular weight is 491 g/mol. The van der Waals surface area contributed by atoms with Crippen molar-refractivity contribution in [3.05, 3.63) is 69.1 Å². The van der Waals surface area contributed by atoms with Crippen molar-refractivity contribution in [2.75, 3.05) is 11.4 Å². The summed E-state index contributed by atoms with van der Waals surface area (Å²) in [5.41, 5.74) is 2.13. The van der Waals surface area contributed by atoms with Gasteiger partial charge in [-0.15, -0.1) is 0 Å². The number of anilines is 1. The fraction of sp³-hybridized carbons (Fsp3) is 0.190. The fourth-order valence-corrected chi connectivity index (χ4v) is 7.81. The standard InChI is InChI=1S/C21H20N2O3S2Se/c1-3-22-16-9-5-7-11-18(16)27-20(22)13-15(28(24,25)26)14-21-23(4-2)17-10-6-8-12-19(17)29-21/h5-14H,3-4H2,1-2H3. The molecule has 0 saturated heterocycles. The summed E-state index contributed by atoms with van der Waals surface area (Å²) in [5, 5.41) is 0.756. The Kier molecular flexibility index (Phi) is 5.73. The van der Waals surface area contributed by atoms with E-state index in [4.69, 9.17) is 0 Å². The Morgan fingerprint density at radius 2 is 1.90 bits per heavy atom. The summed E-state index contributed by atoms with van der Waals surface area (Å²) >= 11 is 1.45. The van der Waals surface area contributed by atoms with Crippen LogP contribution in [-0.2, 0) is 16.7 Å². The third kappa shape index (κ3) is 3.96. The van der Waals surface area contributed by atoms with Crippen LogP contribution in [0.15, 0.2) is 69.4 Å². The Bertz CT molecular complexity index is 1250. The van der Waals surface area contributed by atoms with Crippen molar-refractivity contribution in [1.82, 2.24) is 0 Å². The number of para-hydroxylation sites is 2. The molecule has 3 aromatic rings. The number of rotatable bonds is 5. The predicted octanol–water partition coefficient (Wildman–Crippen LogP) is 3.56. The van der Waals surface area contributed by atoms with Crippen LogP contribution in [0.4, 0.5) is 5.69 Å². The molecule has 0 amide bonds. The van der Waals surface area contributed by atoms with E-state index in [2.05, 4.69) is 10.6 Å². The predicted molar refractivity (Wildman–Crippen MR) is 118 cm³/mol. The topological polar surface area (TPSA) is 64.3 Å². The molecule has 0 N–H and O–H groups in total. The number of nitrogens with zero attached hydrogens (tertiary/aromatic N) is 2. The summed E-state index contributed by atoms with van der Waals surface area (Å²) in [6.07, 6.45) is 3.09. The quantitative estimate of drug-likeness (QED) is 0.310. The molecule has 0 atom stereocenters. The summed E-state index contributed by atoms with van der Waals surface area (Å²) in [6, 6.07) is 16.0. The van der Waals surface area contributed by atoms with Crippen molar-refractivity contribution in [3.8, 4) is 0 Å². The van der Waals surface area contributed by atoms with Gasteiger partial charge in [0.2, 0.25) is 0 Å². The van der Waals surface area contributed by atoms with E-state index in [9.17, 15) is 13.0 Å². The van der Waals surface area contributed by atoms with Crippen molar-refractivity contribution < 1.29 is 17.5 Å². The molecular weight excluding hydrogens is 471 g/mol. The molecule has 4 rings (SSSR count). The van der Waals surface area contributed by atoms with Crippen molar-refractivity contribution in [1.29, 1.82) is 0 Å². The van der Waals surface area contributed by atoms with Gasteiger partial charge in [-0.3, -0.25) is 0 Å². The van der Waals surface area contributed by atoms with E-state index in [0.29, 0.717) is 13.1 Å². The Morgan fingerprint density at radius 3 is 2.62 bits per heavy atom. The van der Waals surface area contributed by atoms with Crippen LogP contribution < -0.4 is 9.47 Å². The minimum atomic E-state index is -4.62. The molecule has 150 valence electrons. The minimum absolute atomic E-state index is 0.0444. The van der Waals surface area contributed by atoms with E-state index >= 15 is 0 Å². The van der Waals surface area contributed by atoms with Gasteiger partial charge in [0.15, 0.2) is 0 Å². The molecule has 0 aliphatic carbocycles. The second-order valence-corrected chi connectivity index (χ2v) is 11.1. The summed E-state index contributed by atoms with van der Waals surface area (Å²) in [6.45, 7) is 5.44. The normalized spacial score (nSPS) is 16.0. The molecule has 1 aliphatic heterocycles.